The van der Waals surface area contributed by atoms with Crippen molar-refractivity contribution in [2.75, 3.05) is 31.2 Å². The van der Waals surface area contributed by atoms with E-state index in [9.17, 15) is 35.5 Å². The zero-order chi connectivity index (χ0) is 32.1. The van der Waals surface area contributed by atoms with E-state index >= 15 is 0 Å². The molecule has 0 spiro atoms. The van der Waals surface area contributed by atoms with Crippen molar-refractivity contribution in [2.45, 2.75) is 70.4 Å². The highest BCUT2D eigenvalue weighted by molar-refractivity contribution is 7.96. The number of rotatable bonds is 8. The molecule has 43 heavy (non-hydrogen) atoms. The molecule has 2 aromatic heterocycles. The van der Waals surface area contributed by atoms with E-state index in [0.717, 1.165) is 19.3 Å². The summed E-state index contributed by atoms with van der Waals surface area (Å²) in [4.78, 5) is 22.9. The van der Waals surface area contributed by atoms with Gasteiger partial charge < -0.3 is 15.4 Å². The molecule has 2 unspecified atom stereocenters. The first-order valence-electron chi connectivity index (χ1n) is 13.4. The van der Waals surface area contributed by atoms with Crippen LogP contribution in [0, 0.1) is 17.5 Å². The molecule has 16 heteroatoms. The predicted molar refractivity (Wildman–Crippen MR) is 153 cm³/mol. The van der Waals surface area contributed by atoms with Crippen molar-refractivity contribution in [2.24, 2.45) is 0 Å². The number of hydrogen-bond donors (Lipinski definition) is 2. The molecule has 1 saturated carbocycles. The van der Waals surface area contributed by atoms with Gasteiger partial charge in [0, 0.05) is 29.2 Å². The minimum absolute atomic E-state index is 0.0994. The third-order valence-corrected chi connectivity index (χ3v) is 7.31. The second-order valence-electron chi connectivity index (χ2n) is 10.4. The van der Waals surface area contributed by atoms with E-state index < -0.39 is 65.7 Å². The number of nitrogens with zero attached hydrogens (tertiary/aromatic N) is 4. The molecule has 0 saturated heterocycles. The number of fused-ring (bicyclic) bond motifs is 1. The van der Waals surface area contributed by atoms with E-state index in [1.54, 1.807) is 13.8 Å². The van der Waals surface area contributed by atoms with Gasteiger partial charge in [-0.1, -0.05) is 12.8 Å². The van der Waals surface area contributed by atoms with Crippen LogP contribution in [0.25, 0.3) is 22.2 Å². The Morgan fingerprint density at radius 3 is 2.40 bits per heavy atom. The number of anilines is 2. The number of benzene rings is 1. The molecule has 0 bridgehead atoms. The molecule has 2 atom stereocenters. The molecule has 3 aromatic rings. The Labute approximate surface area is 248 Å². The quantitative estimate of drug-likeness (QED) is 0.0913. The predicted octanol–water partition coefficient (Wildman–Crippen LogP) is 6.81. The Morgan fingerprint density at radius 1 is 1.14 bits per heavy atom. The summed E-state index contributed by atoms with van der Waals surface area (Å²) >= 11 is 0.108. The normalized spacial score (nSPS) is 17.3. The van der Waals surface area contributed by atoms with Gasteiger partial charge in [0.25, 0.3) is 5.56 Å². The topological polar surface area (TPSA) is 98.3 Å². The van der Waals surface area contributed by atoms with Crippen molar-refractivity contribution in [3.05, 3.63) is 46.1 Å². The smallest absolute Gasteiger partial charge is 0.368 e. The second-order valence-corrected chi connectivity index (χ2v) is 11.1. The van der Waals surface area contributed by atoms with Gasteiger partial charge in [-0.05, 0) is 52.9 Å². The minimum Gasteiger partial charge on any atom is -0.368 e. The highest BCUT2D eigenvalue weighted by atomic mass is 32.2. The SMILES string of the molecule is CC(C)n1c(=O)c(-c2cc(F)c(NSOCCC(F)(F)F)c(F)c2F)cc2cnc(N)nc21.CN(C)C1CCCCC1F. The summed E-state index contributed by atoms with van der Waals surface area (Å²) in [6, 6.07) is 1.52. The molecular formula is C27H33F7N6O2S. The monoisotopic (exact) mass is 638 g/mol. The highest BCUT2D eigenvalue weighted by Gasteiger charge is 2.28. The van der Waals surface area contributed by atoms with Gasteiger partial charge in [-0.2, -0.15) is 18.2 Å². The Hall–Kier alpha value is -3.11. The second kappa shape index (κ2) is 14.6. The third kappa shape index (κ3) is 8.72. The molecule has 0 aliphatic heterocycles. The maximum absolute atomic E-state index is 14.9. The Balaban J connectivity index is 0.000000428. The molecule has 1 aliphatic carbocycles. The van der Waals surface area contributed by atoms with Crippen LogP contribution in [0.1, 0.15) is 52.0 Å². The molecule has 2 heterocycles. The number of aromatic nitrogens is 3. The summed E-state index contributed by atoms with van der Waals surface area (Å²) < 4.78 is 101. The Kier molecular flexibility index (Phi) is 11.7. The number of pyridine rings is 1. The fraction of sp³-hybridized carbons (Fsp3) is 0.519. The van der Waals surface area contributed by atoms with Gasteiger partial charge >= 0.3 is 6.18 Å². The van der Waals surface area contributed by atoms with Crippen molar-refractivity contribution < 1.29 is 34.9 Å². The van der Waals surface area contributed by atoms with Gasteiger partial charge in [-0.3, -0.25) is 13.5 Å². The van der Waals surface area contributed by atoms with E-state index in [-0.39, 0.29) is 40.8 Å². The molecule has 1 aromatic carbocycles. The third-order valence-electron chi connectivity index (χ3n) is 6.74. The zero-order valence-corrected chi connectivity index (χ0v) is 24.8. The van der Waals surface area contributed by atoms with E-state index in [0.29, 0.717) is 6.07 Å². The van der Waals surface area contributed by atoms with E-state index in [4.69, 9.17) is 5.73 Å². The van der Waals surface area contributed by atoms with Crippen molar-refractivity contribution in [1.29, 1.82) is 0 Å². The molecule has 1 aliphatic rings. The maximum atomic E-state index is 14.9. The fourth-order valence-electron chi connectivity index (χ4n) is 4.61. The standard InChI is InChI=1S/C19H17F6N5O2S.C8H16FN/c1-8(2)30-16-9(7-27-18(26)28-16)5-11(17(30)31)10-6-12(20)15(14(22)13(10)21)29-33-32-4-3-19(23,24)25;1-10(2)8-6-4-3-5-7(8)9/h5-8,29H,3-4H2,1-2H3,(H2,26,27,28);7-8H,3-6H2,1-2H3. The summed E-state index contributed by atoms with van der Waals surface area (Å²) in [6.45, 7) is 2.52. The number of halogens is 7. The summed E-state index contributed by atoms with van der Waals surface area (Å²) in [5, 5.41) is 0.281. The molecule has 238 valence electrons. The lowest BCUT2D eigenvalue weighted by molar-refractivity contribution is -0.138. The van der Waals surface area contributed by atoms with Crippen LogP contribution in [0.5, 0.6) is 0 Å². The van der Waals surface area contributed by atoms with Gasteiger partial charge in [0.05, 0.1) is 18.6 Å². The molecule has 3 N–H and O–H groups in total. The molecule has 1 fully saturated rings. The van der Waals surface area contributed by atoms with Gasteiger partial charge in [0.2, 0.25) is 5.95 Å². The average Bonchev–Trinajstić information content (AvgIpc) is 2.91. The van der Waals surface area contributed by atoms with Crippen molar-refractivity contribution in [1.82, 2.24) is 19.4 Å². The van der Waals surface area contributed by atoms with E-state index in [2.05, 4.69) is 14.2 Å². The first kappa shape index (κ1) is 34.4. The van der Waals surface area contributed by atoms with Crippen LogP contribution in [0.15, 0.2) is 23.1 Å². The number of alkyl halides is 4. The number of nitrogens with two attached hydrogens (primary N) is 1. The van der Waals surface area contributed by atoms with Crippen molar-refractivity contribution in [3.63, 3.8) is 0 Å². The first-order chi connectivity index (χ1) is 20.1. The first-order valence-corrected chi connectivity index (χ1v) is 14.1. The van der Waals surface area contributed by atoms with Gasteiger partial charge in [0.1, 0.15) is 29.7 Å². The van der Waals surface area contributed by atoms with Crippen LogP contribution >= 0.6 is 12.2 Å². The summed E-state index contributed by atoms with van der Waals surface area (Å²) in [5.41, 5.74) is 3.00. The Bertz CT molecular complexity index is 1470. The Morgan fingerprint density at radius 2 is 1.81 bits per heavy atom. The molecule has 8 nitrogen and oxygen atoms in total. The zero-order valence-electron chi connectivity index (χ0n) is 23.9. The lowest BCUT2D eigenvalue weighted by Crippen LogP contribution is -2.38. The average molecular weight is 639 g/mol. The van der Waals surface area contributed by atoms with Crippen LogP contribution in [0.3, 0.4) is 0 Å². The van der Waals surface area contributed by atoms with Gasteiger partial charge in [-0.25, -0.2) is 22.5 Å². The summed E-state index contributed by atoms with van der Waals surface area (Å²) in [6.07, 6.45) is -0.964. The summed E-state index contributed by atoms with van der Waals surface area (Å²) in [5.74, 6) is -4.61. The van der Waals surface area contributed by atoms with Crippen LogP contribution in [0.2, 0.25) is 0 Å². The lowest BCUT2D eigenvalue weighted by atomic mass is 9.93. The molecular weight excluding hydrogens is 605 g/mol. The fourth-order valence-corrected chi connectivity index (χ4v) is 5.10. The minimum atomic E-state index is -4.47. The molecule has 0 amide bonds. The van der Waals surface area contributed by atoms with Crippen LogP contribution in [-0.2, 0) is 4.18 Å². The lowest BCUT2D eigenvalue weighted by Gasteiger charge is -2.31. The van der Waals surface area contributed by atoms with Crippen molar-refractivity contribution in [3.8, 4) is 11.1 Å². The maximum Gasteiger partial charge on any atom is 0.391 e. The van der Waals surface area contributed by atoms with Gasteiger partial charge in [0.15, 0.2) is 17.5 Å². The largest absolute Gasteiger partial charge is 0.391 e. The molecule has 0 radical (unpaired) electrons. The molecule has 4 rings (SSSR count). The number of nitrogens with one attached hydrogen (secondary N) is 1. The van der Waals surface area contributed by atoms with Crippen LogP contribution in [0.4, 0.5) is 42.4 Å². The van der Waals surface area contributed by atoms with Crippen LogP contribution < -0.4 is 16.0 Å². The van der Waals surface area contributed by atoms with Crippen LogP contribution in [-0.4, -0.2) is 58.5 Å². The number of nitrogen functional groups attached to an aromatic ring is 1. The summed E-state index contributed by atoms with van der Waals surface area (Å²) in [7, 11) is 3.92. The number of hydrogen-bond acceptors (Lipinski definition) is 8. The van der Waals surface area contributed by atoms with E-state index in [1.165, 1.54) is 23.3 Å². The highest BCUT2D eigenvalue weighted by Crippen LogP contribution is 2.33. The van der Waals surface area contributed by atoms with Gasteiger partial charge in [-0.15, -0.1) is 0 Å². The van der Waals surface area contributed by atoms with E-state index in [1.807, 2.05) is 23.7 Å². The van der Waals surface area contributed by atoms with Crippen molar-refractivity contribution >= 4 is 34.9 Å².